The number of fused-ring (bicyclic) bond motifs is 3. The molecule has 5 rings (SSSR count). The molecular formula is C23H22ClN5O3. The summed E-state index contributed by atoms with van der Waals surface area (Å²) in [5, 5.41) is 0.975. The fraction of sp³-hybridized carbons (Fsp3) is 0.348. The Morgan fingerprint density at radius 1 is 1.19 bits per heavy atom. The van der Waals surface area contributed by atoms with Crippen molar-refractivity contribution in [2.75, 3.05) is 18.0 Å². The summed E-state index contributed by atoms with van der Waals surface area (Å²) >= 11 is 6.15. The molecule has 1 unspecified atom stereocenters. The highest BCUT2D eigenvalue weighted by atomic mass is 35.5. The second-order valence-electron chi connectivity index (χ2n) is 8.49. The third kappa shape index (κ3) is 3.64. The van der Waals surface area contributed by atoms with Crippen LogP contribution in [-0.4, -0.2) is 39.7 Å². The summed E-state index contributed by atoms with van der Waals surface area (Å²) in [6, 6.07) is 7.48. The number of nitrogens with two attached hydrogens (primary N) is 1. The van der Waals surface area contributed by atoms with Crippen molar-refractivity contribution in [2.45, 2.75) is 31.6 Å². The van der Waals surface area contributed by atoms with Crippen LogP contribution in [0.3, 0.4) is 0 Å². The maximum absolute atomic E-state index is 13.1. The van der Waals surface area contributed by atoms with Gasteiger partial charge in [0, 0.05) is 42.2 Å². The summed E-state index contributed by atoms with van der Waals surface area (Å²) in [5.41, 5.74) is 7.56. The van der Waals surface area contributed by atoms with Crippen LogP contribution in [0.1, 0.15) is 46.7 Å². The number of Topliss-reactive ketones (excluding diaryl/α,β-unsaturated/α-hetero) is 1. The van der Waals surface area contributed by atoms with E-state index >= 15 is 0 Å². The van der Waals surface area contributed by atoms with Crippen molar-refractivity contribution < 1.29 is 9.59 Å². The maximum Gasteiger partial charge on any atom is 0.262 e. The van der Waals surface area contributed by atoms with Gasteiger partial charge >= 0.3 is 0 Å². The average molecular weight is 452 g/mol. The average Bonchev–Trinajstić information content (AvgIpc) is 2.78. The standard InChI is InChI=1S/C23H22ClN5O3/c24-15-3-1-2-13(8-15)14-9-16-17(18(30)10-14)11-26-21-19(16)22(32)28-23(27-21)29-6-4-12(5-7-29)20(25)31/h1-3,8,11-12,14H,4-7,9-10H2,(H2,25,31)(H,26,27,28,32). The van der Waals surface area contributed by atoms with E-state index < -0.39 is 0 Å². The number of nitrogens with zero attached hydrogens (tertiary/aromatic N) is 3. The summed E-state index contributed by atoms with van der Waals surface area (Å²) < 4.78 is 0. The third-order valence-corrected chi connectivity index (χ3v) is 6.77. The molecule has 1 fully saturated rings. The first kappa shape index (κ1) is 20.6. The number of hydrogen-bond donors (Lipinski definition) is 2. The molecule has 1 aliphatic heterocycles. The molecule has 1 saturated heterocycles. The first-order chi connectivity index (χ1) is 15.4. The second-order valence-corrected chi connectivity index (χ2v) is 8.92. The van der Waals surface area contributed by atoms with E-state index in [1.165, 1.54) is 6.20 Å². The summed E-state index contributed by atoms with van der Waals surface area (Å²) in [5.74, 6) is -0.130. The zero-order valence-electron chi connectivity index (χ0n) is 17.3. The van der Waals surface area contributed by atoms with Gasteiger partial charge in [0.25, 0.3) is 5.56 Å². The minimum atomic E-state index is -0.314. The van der Waals surface area contributed by atoms with E-state index in [-0.39, 0.29) is 29.1 Å². The first-order valence-electron chi connectivity index (χ1n) is 10.7. The number of hydrogen-bond acceptors (Lipinski definition) is 6. The van der Waals surface area contributed by atoms with Crippen molar-refractivity contribution in [2.24, 2.45) is 11.7 Å². The number of anilines is 1. The molecule has 164 valence electrons. The lowest BCUT2D eigenvalue weighted by Gasteiger charge is -2.31. The molecule has 0 saturated carbocycles. The topological polar surface area (TPSA) is 122 Å². The minimum absolute atomic E-state index is 0.0392. The van der Waals surface area contributed by atoms with Crippen LogP contribution >= 0.6 is 11.6 Å². The van der Waals surface area contributed by atoms with E-state index in [1.54, 1.807) is 6.07 Å². The molecule has 0 spiro atoms. The van der Waals surface area contributed by atoms with Crippen LogP contribution in [0.5, 0.6) is 0 Å². The summed E-state index contributed by atoms with van der Waals surface area (Å²) in [4.78, 5) is 51.1. The van der Waals surface area contributed by atoms with E-state index in [0.717, 1.165) is 5.56 Å². The van der Waals surface area contributed by atoms with Crippen LogP contribution in [0.25, 0.3) is 11.0 Å². The maximum atomic E-state index is 13.1. The van der Waals surface area contributed by atoms with Crippen molar-refractivity contribution in [3.05, 3.63) is 62.5 Å². The number of carbonyl (C=O) groups is 2. The van der Waals surface area contributed by atoms with Gasteiger partial charge in [0.1, 0.15) is 0 Å². The van der Waals surface area contributed by atoms with Crippen LogP contribution in [0, 0.1) is 5.92 Å². The molecule has 8 nitrogen and oxygen atoms in total. The van der Waals surface area contributed by atoms with E-state index in [4.69, 9.17) is 17.3 Å². The Bertz CT molecular complexity index is 1300. The number of benzene rings is 1. The molecule has 1 amide bonds. The van der Waals surface area contributed by atoms with Gasteiger partial charge in [-0.3, -0.25) is 19.4 Å². The van der Waals surface area contributed by atoms with E-state index in [1.807, 2.05) is 23.1 Å². The molecule has 2 aromatic heterocycles. The van der Waals surface area contributed by atoms with Gasteiger partial charge in [0.2, 0.25) is 11.9 Å². The van der Waals surface area contributed by atoms with Gasteiger partial charge in [0.05, 0.1) is 5.39 Å². The molecule has 2 aliphatic rings. The molecule has 1 atom stereocenters. The second kappa shape index (κ2) is 8.02. The number of H-pyrrole nitrogens is 1. The van der Waals surface area contributed by atoms with E-state index in [2.05, 4.69) is 15.0 Å². The van der Waals surface area contributed by atoms with Gasteiger partial charge in [-0.1, -0.05) is 23.7 Å². The third-order valence-electron chi connectivity index (χ3n) is 6.53. The number of carbonyl (C=O) groups excluding carboxylic acids is 2. The predicted octanol–water partition coefficient (Wildman–Crippen LogP) is 2.59. The number of nitrogens with one attached hydrogen (secondary N) is 1. The normalized spacial score (nSPS) is 19.2. The highest BCUT2D eigenvalue weighted by molar-refractivity contribution is 6.30. The number of rotatable bonds is 3. The van der Waals surface area contributed by atoms with Gasteiger partial charge < -0.3 is 10.6 Å². The number of halogens is 1. The highest BCUT2D eigenvalue weighted by Crippen LogP contribution is 2.35. The van der Waals surface area contributed by atoms with Crippen molar-refractivity contribution in [3.63, 3.8) is 0 Å². The van der Waals surface area contributed by atoms with Crippen molar-refractivity contribution in [3.8, 4) is 0 Å². The molecule has 3 heterocycles. The zero-order chi connectivity index (χ0) is 22.4. The van der Waals surface area contributed by atoms with Gasteiger partial charge in [0.15, 0.2) is 11.4 Å². The predicted molar refractivity (Wildman–Crippen MR) is 121 cm³/mol. The molecule has 3 N–H and O–H groups in total. The zero-order valence-corrected chi connectivity index (χ0v) is 18.1. The van der Waals surface area contributed by atoms with Gasteiger partial charge in [-0.05, 0) is 48.4 Å². The number of amides is 1. The number of piperidine rings is 1. The number of aromatic amines is 1. The number of aromatic nitrogens is 3. The Morgan fingerprint density at radius 2 is 1.97 bits per heavy atom. The fourth-order valence-electron chi connectivity index (χ4n) is 4.78. The Hall–Kier alpha value is -3.26. The summed E-state index contributed by atoms with van der Waals surface area (Å²) in [7, 11) is 0. The van der Waals surface area contributed by atoms with Gasteiger partial charge in [-0.25, -0.2) is 4.98 Å². The van der Waals surface area contributed by atoms with Crippen LogP contribution in [0.4, 0.5) is 5.95 Å². The molecule has 1 aliphatic carbocycles. The summed E-state index contributed by atoms with van der Waals surface area (Å²) in [6.07, 6.45) is 3.64. The molecule has 0 bridgehead atoms. The molecule has 0 radical (unpaired) electrons. The van der Waals surface area contributed by atoms with E-state index in [9.17, 15) is 14.4 Å². The van der Waals surface area contributed by atoms with Crippen LogP contribution in [0.2, 0.25) is 5.02 Å². The van der Waals surface area contributed by atoms with Crippen LogP contribution < -0.4 is 16.2 Å². The molecule has 9 heteroatoms. The fourth-order valence-corrected chi connectivity index (χ4v) is 4.98. The number of primary amides is 1. The molecule has 32 heavy (non-hydrogen) atoms. The van der Waals surface area contributed by atoms with Crippen molar-refractivity contribution >= 4 is 40.3 Å². The van der Waals surface area contributed by atoms with Crippen LogP contribution in [0.15, 0.2) is 35.3 Å². The Kier molecular flexibility index (Phi) is 5.17. The van der Waals surface area contributed by atoms with Crippen molar-refractivity contribution in [1.82, 2.24) is 15.0 Å². The Labute approximate surface area is 188 Å². The largest absolute Gasteiger partial charge is 0.369 e. The van der Waals surface area contributed by atoms with Crippen LogP contribution in [-0.2, 0) is 11.2 Å². The Morgan fingerprint density at radius 3 is 2.69 bits per heavy atom. The smallest absolute Gasteiger partial charge is 0.262 e. The lowest BCUT2D eigenvalue weighted by atomic mass is 9.79. The highest BCUT2D eigenvalue weighted by Gasteiger charge is 2.30. The van der Waals surface area contributed by atoms with Gasteiger partial charge in [-0.15, -0.1) is 0 Å². The summed E-state index contributed by atoms with van der Waals surface area (Å²) in [6.45, 7) is 1.14. The minimum Gasteiger partial charge on any atom is -0.369 e. The number of pyridine rings is 1. The monoisotopic (exact) mass is 451 g/mol. The number of ketones is 1. The van der Waals surface area contributed by atoms with E-state index in [0.29, 0.717) is 71.9 Å². The van der Waals surface area contributed by atoms with Crippen molar-refractivity contribution in [1.29, 1.82) is 0 Å². The lowest BCUT2D eigenvalue weighted by Crippen LogP contribution is -2.40. The molecule has 1 aromatic carbocycles. The molecule has 3 aromatic rings. The SMILES string of the molecule is NC(=O)C1CCN(c2nc3ncc4c(c3c(=O)[nH]2)CC(c2cccc(Cl)c2)CC4=O)CC1. The Balaban J connectivity index is 1.52. The quantitative estimate of drug-likeness (QED) is 0.631. The lowest BCUT2D eigenvalue weighted by molar-refractivity contribution is -0.122. The first-order valence-corrected chi connectivity index (χ1v) is 11.0. The molecular weight excluding hydrogens is 430 g/mol. The van der Waals surface area contributed by atoms with Gasteiger partial charge in [-0.2, -0.15) is 4.98 Å².